The van der Waals surface area contributed by atoms with E-state index in [1.165, 1.54) is 6.20 Å². The first-order chi connectivity index (χ1) is 12.2. The number of ether oxygens (including phenoxy) is 1. The number of anilines is 2. The molecule has 1 amide bonds. The van der Waals surface area contributed by atoms with Gasteiger partial charge in [0.1, 0.15) is 11.4 Å². The van der Waals surface area contributed by atoms with Crippen LogP contribution < -0.4 is 33.1 Å². The summed E-state index contributed by atoms with van der Waals surface area (Å²) in [5, 5.41) is 5.57. The highest BCUT2D eigenvalue weighted by Gasteiger charge is 2.18. The lowest BCUT2D eigenvalue weighted by atomic mass is 10.3. The van der Waals surface area contributed by atoms with E-state index in [4.69, 9.17) is 22.2 Å². The van der Waals surface area contributed by atoms with Crippen LogP contribution in [-0.4, -0.2) is 48.1 Å². The molecule has 25 heavy (non-hydrogen) atoms. The van der Waals surface area contributed by atoms with Gasteiger partial charge in [-0.2, -0.15) is 4.98 Å². The van der Waals surface area contributed by atoms with Crippen molar-refractivity contribution in [3.63, 3.8) is 0 Å². The normalized spacial score (nSPS) is 13.6. The Morgan fingerprint density at radius 3 is 2.36 bits per heavy atom. The molecule has 142 valence electrons. The van der Waals surface area contributed by atoms with Crippen LogP contribution in [0.3, 0.4) is 0 Å². The molecule has 0 aromatic carbocycles. The molecular formula is C14H29N9O2. The van der Waals surface area contributed by atoms with Crippen molar-refractivity contribution >= 4 is 23.6 Å². The van der Waals surface area contributed by atoms with Crippen molar-refractivity contribution in [1.29, 1.82) is 0 Å². The number of carbonyl (C=O) groups is 1. The second-order valence-corrected chi connectivity index (χ2v) is 4.14. The Labute approximate surface area is 148 Å². The molecule has 0 atom stereocenters. The number of nitrogens with zero attached hydrogens (tertiary/aromatic N) is 4. The molecule has 1 aliphatic rings. The molecule has 0 spiro atoms. The van der Waals surface area contributed by atoms with E-state index in [9.17, 15) is 4.79 Å². The molecule has 1 aromatic rings. The van der Waals surface area contributed by atoms with Gasteiger partial charge in [0.05, 0.1) is 13.2 Å². The monoisotopic (exact) mass is 355 g/mol. The van der Waals surface area contributed by atoms with Crippen LogP contribution in [0.4, 0.5) is 11.8 Å². The van der Waals surface area contributed by atoms with E-state index in [1.807, 2.05) is 32.6 Å². The van der Waals surface area contributed by atoms with Gasteiger partial charge in [-0.3, -0.25) is 15.5 Å². The summed E-state index contributed by atoms with van der Waals surface area (Å²) in [6.45, 7) is 10.5. The van der Waals surface area contributed by atoms with Crippen molar-refractivity contribution in [3.8, 4) is 0 Å². The molecule has 0 bridgehead atoms. The van der Waals surface area contributed by atoms with Crippen LogP contribution in [0.5, 0.6) is 0 Å². The summed E-state index contributed by atoms with van der Waals surface area (Å²) in [5.74, 6) is 9.97. The van der Waals surface area contributed by atoms with Crippen molar-refractivity contribution in [2.75, 3.05) is 36.9 Å². The van der Waals surface area contributed by atoms with E-state index in [-0.39, 0.29) is 17.3 Å². The molecular weight excluding hydrogens is 326 g/mol. The van der Waals surface area contributed by atoms with Crippen molar-refractivity contribution in [2.45, 2.75) is 27.7 Å². The van der Waals surface area contributed by atoms with E-state index in [0.717, 1.165) is 0 Å². The summed E-state index contributed by atoms with van der Waals surface area (Å²) in [5.41, 5.74) is 8.02. The van der Waals surface area contributed by atoms with E-state index in [1.54, 1.807) is 0 Å². The molecule has 2 rings (SSSR count). The fraction of sp³-hybridized carbons (Fsp3) is 0.571. The van der Waals surface area contributed by atoms with Crippen LogP contribution in [0.15, 0.2) is 11.3 Å². The lowest BCUT2D eigenvalue weighted by Gasteiger charge is -2.26. The number of guanidine groups is 1. The number of hydrogen-bond acceptors (Lipinski definition) is 9. The maximum atomic E-state index is 11.9. The lowest BCUT2D eigenvalue weighted by Crippen LogP contribution is -2.45. The number of nitrogens with two attached hydrogens (primary N) is 3. The smallest absolute Gasteiger partial charge is 0.263 e. The molecule has 8 N–H and O–H groups in total. The first-order valence-corrected chi connectivity index (χ1v) is 8.16. The molecule has 0 aliphatic carbocycles. The largest absolute Gasteiger partial charge is 0.383 e. The second kappa shape index (κ2) is 12.7. The predicted molar refractivity (Wildman–Crippen MR) is 98.6 cm³/mol. The molecule has 1 aliphatic heterocycles. The van der Waals surface area contributed by atoms with Crippen LogP contribution in [0.25, 0.3) is 0 Å². The average Bonchev–Trinajstić information content (AvgIpc) is 2.69. The molecule has 0 unspecified atom stereocenters. The van der Waals surface area contributed by atoms with Crippen molar-refractivity contribution in [2.24, 2.45) is 16.8 Å². The van der Waals surface area contributed by atoms with Gasteiger partial charge in [-0.25, -0.2) is 10.8 Å². The quantitative estimate of drug-likeness (QED) is 0.200. The molecule has 1 fully saturated rings. The van der Waals surface area contributed by atoms with Crippen LogP contribution >= 0.6 is 0 Å². The predicted octanol–water partition coefficient (Wildman–Crippen LogP) is -0.629. The van der Waals surface area contributed by atoms with Gasteiger partial charge in [-0.1, -0.05) is 27.7 Å². The standard InChI is InChI=1S/C10H17N9O2.2C2H6/c11-7-6(8(20)16-9(17-12)18-13)5-14-10(15-7)19-1-3-21-4-2-19;2*1-2/h5H,1-4,12-13H2,(H2,11,14,15)(H2,16,17,18,20);2*1-2H3. The Kier molecular flexibility index (Phi) is 11.4. The van der Waals surface area contributed by atoms with Crippen molar-refractivity contribution < 1.29 is 9.53 Å². The number of hydrazine groups is 1. The zero-order chi connectivity index (χ0) is 19.2. The topological polar surface area (TPSA) is 170 Å². The molecule has 0 saturated carbocycles. The van der Waals surface area contributed by atoms with Crippen LogP contribution in [0, 0.1) is 0 Å². The minimum absolute atomic E-state index is 0.0531. The number of nitrogen functional groups attached to an aromatic ring is 1. The number of hydrogen-bond donors (Lipinski definition) is 5. The Balaban J connectivity index is 0.00000134. The third-order valence-corrected chi connectivity index (χ3v) is 2.84. The van der Waals surface area contributed by atoms with E-state index in [2.05, 4.69) is 25.8 Å². The van der Waals surface area contributed by atoms with Crippen LogP contribution in [0.2, 0.25) is 0 Å². The number of hydrazone groups is 1. The fourth-order valence-electron chi connectivity index (χ4n) is 1.76. The number of aromatic nitrogens is 2. The summed E-state index contributed by atoms with van der Waals surface area (Å²) in [4.78, 5) is 22.1. The summed E-state index contributed by atoms with van der Waals surface area (Å²) < 4.78 is 5.25. The van der Waals surface area contributed by atoms with Gasteiger partial charge in [0, 0.05) is 19.3 Å². The lowest BCUT2D eigenvalue weighted by molar-refractivity contribution is 0.0975. The summed E-state index contributed by atoms with van der Waals surface area (Å²) >= 11 is 0. The van der Waals surface area contributed by atoms with Gasteiger partial charge < -0.3 is 21.2 Å². The highest BCUT2D eigenvalue weighted by atomic mass is 16.5. The highest BCUT2D eigenvalue weighted by Crippen LogP contribution is 2.14. The van der Waals surface area contributed by atoms with Crippen molar-refractivity contribution in [3.05, 3.63) is 11.8 Å². The van der Waals surface area contributed by atoms with Crippen LogP contribution in [0.1, 0.15) is 38.1 Å². The third-order valence-electron chi connectivity index (χ3n) is 2.84. The molecule has 1 aromatic heterocycles. The summed E-state index contributed by atoms with van der Waals surface area (Å²) in [7, 11) is 0. The summed E-state index contributed by atoms with van der Waals surface area (Å²) in [6.07, 6.45) is 1.34. The SMILES string of the molecule is CC.CC.N/N=C(\NN)NC(=O)c1cnc(N2CCOCC2)nc1N. The number of morpholine rings is 1. The molecule has 0 radical (unpaired) electrons. The minimum Gasteiger partial charge on any atom is -0.383 e. The van der Waals surface area contributed by atoms with Gasteiger partial charge >= 0.3 is 0 Å². The van der Waals surface area contributed by atoms with Crippen LogP contribution in [-0.2, 0) is 4.74 Å². The van der Waals surface area contributed by atoms with Gasteiger partial charge in [0.15, 0.2) is 0 Å². The molecule has 1 saturated heterocycles. The van der Waals surface area contributed by atoms with E-state index >= 15 is 0 Å². The Morgan fingerprint density at radius 1 is 1.28 bits per heavy atom. The number of rotatable bonds is 2. The minimum atomic E-state index is -0.567. The van der Waals surface area contributed by atoms with Gasteiger partial charge in [-0.05, 0) is 0 Å². The molecule has 11 heteroatoms. The van der Waals surface area contributed by atoms with E-state index in [0.29, 0.717) is 32.3 Å². The third kappa shape index (κ3) is 6.77. The first kappa shape index (κ1) is 22.3. The zero-order valence-corrected chi connectivity index (χ0v) is 15.2. The molecule has 11 nitrogen and oxygen atoms in total. The maximum absolute atomic E-state index is 11.9. The Hall–Kier alpha value is -2.66. The fourth-order valence-corrected chi connectivity index (χ4v) is 1.76. The second-order valence-electron chi connectivity index (χ2n) is 4.14. The Morgan fingerprint density at radius 2 is 1.88 bits per heavy atom. The number of carbonyl (C=O) groups excluding carboxylic acids is 1. The number of nitrogens with one attached hydrogen (secondary N) is 2. The van der Waals surface area contributed by atoms with Gasteiger partial charge in [-0.15, -0.1) is 5.10 Å². The van der Waals surface area contributed by atoms with Gasteiger partial charge in [0.25, 0.3) is 5.91 Å². The number of amides is 1. The van der Waals surface area contributed by atoms with E-state index < -0.39 is 5.91 Å². The maximum Gasteiger partial charge on any atom is 0.263 e. The van der Waals surface area contributed by atoms with Gasteiger partial charge in [0.2, 0.25) is 11.9 Å². The zero-order valence-electron chi connectivity index (χ0n) is 15.2. The highest BCUT2D eigenvalue weighted by molar-refractivity contribution is 6.07. The molecule has 2 heterocycles. The summed E-state index contributed by atoms with van der Waals surface area (Å²) in [6, 6.07) is 0. The van der Waals surface area contributed by atoms with Crippen molar-refractivity contribution in [1.82, 2.24) is 20.7 Å². The average molecular weight is 355 g/mol. The first-order valence-electron chi connectivity index (χ1n) is 8.16. The Bertz CT molecular complexity index is 545.